The molecule has 0 fully saturated rings. The maximum Gasteiger partial charge on any atom is 0.270 e. The highest BCUT2D eigenvalue weighted by Gasteiger charge is 2.16. The van der Waals surface area contributed by atoms with E-state index >= 15 is 0 Å². The summed E-state index contributed by atoms with van der Waals surface area (Å²) in [5.41, 5.74) is 0.0235. The van der Waals surface area contributed by atoms with Crippen LogP contribution in [0.1, 0.15) is 0 Å². The SMILES string of the molecule is O=[N+]([O-])c1ccc(O)c(-c2n[nH]c(-c3ccco3)n2)c1. The second-order valence-corrected chi connectivity index (χ2v) is 3.94. The Morgan fingerprint density at radius 3 is 2.90 bits per heavy atom. The zero-order valence-corrected chi connectivity index (χ0v) is 9.98. The number of non-ortho nitro benzene ring substituents is 1. The maximum atomic E-state index is 10.7. The predicted octanol–water partition coefficient (Wildman–Crippen LogP) is 2.35. The average Bonchev–Trinajstić information content (AvgIpc) is 3.10. The minimum Gasteiger partial charge on any atom is -0.507 e. The molecular weight excluding hydrogens is 264 g/mol. The van der Waals surface area contributed by atoms with Gasteiger partial charge in [-0.1, -0.05) is 0 Å². The summed E-state index contributed by atoms with van der Waals surface area (Å²) >= 11 is 0. The van der Waals surface area contributed by atoms with Gasteiger partial charge in [-0.2, -0.15) is 5.10 Å². The molecule has 2 aromatic heterocycles. The van der Waals surface area contributed by atoms with E-state index in [0.29, 0.717) is 11.6 Å². The van der Waals surface area contributed by atoms with Gasteiger partial charge >= 0.3 is 0 Å². The Kier molecular flexibility index (Phi) is 2.68. The molecule has 0 saturated carbocycles. The largest absolute Gasteiger partial charge is 0.507 e. The molecule has 3 rings (SSSR count). The van der Waals surface area contributed by atoms with Gasteiger partial charge in [-0.15, -0.1) is 0 Å². The molecule has 0 aliphatic heterocycles. The molecule has 2 heterocycles. The second-order valence-electron chi connectivity index (χ2n) is 3.94. The molecule has 2 N–H and O–H groups in total. The van der Waals surface area contributed by atoms with Crippen LogP contribution in [0.15, 0.2) is 41.0 Å². The Balaban J connectivity index is 2.05. The van der Waals surface area contributed by atoms with Crippen LogP contribution in [-0.4, -0.2) is 25.2 Å². The van der Waals surface area contributed by atoms with Gasteiger partial charge in [-0.05, 0) is 18.2 Å². The zero-order valence-electron chi connectivity index (χ0n) is 9.98. The minimum absolute atomic E-state index is 0.138. The Bertz CT molecular complexity index is 764. The fourth-order valence-corrected chi connectivity index (χ4v) is 1.72. The van der Waals surface area contributed by atoms with E-state index in [0.717, 1.165) is 0 Å². The van der Waals surface area contributed by atoms with Crippen molar-refractivity contribution in [3.05, 3.63) is 46.7 Å². The van der Waals surface area contributed by atoms with E-state index in [2.05, 4.69) is 15.2 Å². The van der Waals surface area contributed by atoms with Crippen LogP contribution in [0.4, 0.5) is 5.69 Å². The van der Waals surface area contributed by atoms with Crippen molar-refractivity contribution in [3.63, 3.8) is 0 Å². The van der Waals surface area contributed by atoms with Crippen molar-refractivity contribution in [3.8, 4) is 28.7 Å². The second kappa shape index (κ2) is 4.50. The summed E-state index contributed by atoms with van der Waals surface area (Å²) in [4.78, 5) is 14.3. The monoisotopic (exact) mass is 272 g/mol. The molecule has 8 heteroatoms. The van der Waals surface area contributed by atoms with E-state index in [1.807, 2.05) is 0 Å². The number of phenolic OH excluding ortho intramolecular Hbond substituents is 1. The molecule has 8 nitrogen and oxygen atoms in total. The van der Waals surface area contributed by atoms with Gasteiger partial charge in [0, 0.05) is 12.1 Å². The number of H-pyrrole nitrogens is 1. The molecular formula is C12H8N4O4. The number of benzene rings is 1. The van der Waals surface area contributed by atoms with Crippen LogP contribution in [-0.2, 0) is 0 Å². The molecule has 0 unspecified atom stereocenters. The number of aromatic hydroxyl groups is 1. The number of nitrogens with one attached hydrogen (secondary N) is 1. The van der Waals surface area contributed by atoms with Crippen molar-refractivity contribution in [2.45, 2.75) is 0 Å². The number of hydrogen-bond acceptors (Lipinski definition) is 6. The fraction of sp³-hybridized carbons (Fsp3) is 0. The zero-order chi connectivity index (χ0) is 14.1. The van der Waals surface area contributed by atoms with Crippen molar-refractivity contribution < 1.29 is 14.4 Å². The maximum absolute atomic E-state index is 10.7. The van der Waals surface area contributed by atoms with Crippen LogP contribution >= 0.6 is 0 Å². The van der Waals surface area contributed by atoms with Gasteiger partial charge in [0.05, 0.1) is 16.7 Å². The van der Waals surface area contributed by atoms with E-state index in [9.17, 15) is 15.2 Å². The van der Waals surface area contributed by atoms with Crippen LogP contribution < -0.4 is 0 Å². The molecule has 0 spiro atoms. The highest BCUT2D eigenvalue weighted by molar-refractivity contribution is 5.68. The molecule has 1 aromatic carbocycles. The topological polar surface area (TPSA) is 118 Å². The number of aromatic amines is 1. The molecule has 0 aliphatic carbocycles. The van der Waals surface area contributed by atoms with Crippen LogP contribution in [0.2, 0.25) is 0 Å². The van der Waals surface area contributed by atoms with E-state index in [1.165, 1.54) is 24.5 Å². The van der Waals surface area contributed by atoms with Gasteiger partial charge in [0.1, 0.15) is 5.75 Å². The van der Waals surface area contributed by atoms with Crippen molar-refractivity contribution in [1.82, 2.24) is 15.2 Å². The molecule has 20 heavy (non-hydrogen) atoms. The first-order valence-electron chi connectivity index (χ1n) is 5.59. The Morgan fingerprint density at radius 1 is 1.35 bits per heavy atom. The lowest BCUT2D eigenvalue weighted by Crippen LogP contribution is -1.89. The van der Waals surface area contributed by atoms with Crippen molar-refractivity contribution >= 4 is 5.69 Å². The average molecular weight is 272 g/mol. The number of phenols is 1. The van der Waals surface area contributed by atoms with Gasteiger partial charge in [0.25, 0.3) is 5.69 Å². The van der Waals surface area contributed by atoms with Crippen LogP contribution in [0, 0.1) is 10.1 Å². The molecule has 0 bridgehead atoms. The van der Waals surface area contributed by atoms with Gasteiger partial charge < -0.3 is 9.52 Å². The molecule has 0 atom stereocenters. The van der Waals surface area contributed by atoms with Gasteiger partial charge in [-0.3, -0.25) is 15.2 Å². The summed E-state index contributed by atoms with van der Waals surface area (Å²) in [5.74, 6) is 0.864. The van der Waals surface area contributed by atoms with E-state index < -0.39 is 4.92 Å². The molecule has 100 valence electrons. The highest BCUT2D eigenvalue weighted by Crippen LogP contribution is 2.31. The number of nitrogens with zero attached hydrogens (tertiary/aromatic N) is 3. The van der Waals surface area contributed by atoms with Crippen molar-refractivity contribution in [1.29, 1.82) is 0 Å². The number of furan rings is 1. The lowest BCUT2D eigenvalue weighted by molar-refractivity contribution is -0.384. The third-order valence-corrected chi connectivity index (χ3v) is 2.67. The standard InChI is InChI=1S/C12H8N4O4/c17-9-4-3-7(16(18)19)6-8(9)11-13-12(15-14-11)10-2-1-5-20-10/h1-6,17H,(H,13,14,15). The summed E-state index contributed by atoms with van der Waals surface area (Å²) in [6, 6.07) is 7.04. The van der Waals surface area contributed by atoms with Crippen molar-refractivity contribution in [2.75, 3.05) is 0 Å². The number of nitro groups is 1. The van der Waals surface area contributed by atoms with Crippen LogP contribution in [0.5, 0.6) is 5.75 Å². The number of rotatable bonds is 3. The summed E-state index contributed by atoms with van der Waals surface area (Å²) in [6.45, 7) is 0. The van der Waals surface area contributed by atoms with Gasteiger partial charge in [-0.25, -0.2) is 4.98 Å². The third-order valence-electron chi connectivity index (χ3n) is 2.67. The highest BCUT2D eigenvalue weighted by atomic mass is 16.6. The molecule has 0 radical (unpaired) electrons. The van der Waals surface area contributed by atoms with Crippen molar-refractivity contribution in [2.24, 2.45) is 0 Å². The minimum atomic E-state index is -0.553. The molecule has 3 aromatic rings. The first-order chi connectivity index (χ1) is 9.65. The summed E-state index contributed by atoms with van der Waals surface area (Å²) < 4.78 is 5.16. The first-order valence-corrected chi connectivity index (χ1v) is 5.59. The van der Waals surface area contributed by atoms with Crippen LogP contribution in [0.25, 0.3) is 23.0 Å². The van der Waals surface area contributed by atoms with E-state index in [1.54, 1.807) is 12.1 Å². The molecule has 0 amide bonds. The smallest absolute Gasteiger partial charge is 0.270 e. The number of aromatic nitrogens is 3. The summed E-state index contributed by atoms with van der Waals surface area (Å²) in [5, 5.41) is 27.1. The normalized spacial score (nSPS) is 10.6. The van der Waals surface area contributed by atoms with E-state index in [4.69, 9.17) is 4.42 Å². The molecule has 0 aliphatic rings. The van der Waals surface area contributed by atoms with E-state index in [-0.39, 0.29) is 22.8 Å². The summed E-state index contributed by atoms with van der Waals surface area (Å²) in [6.07, 6.45) is 1.49. The van der Waals surface area contributed by atoms with Crippen LogP contribution in [0.3, 0.4) is 0 Å². The Labute approximate surface area is 111 Å². The third kappa shape index (κ3) is 1.99. The van der Waals surface area contributed by atoms with Gasteiger partial charge in [0.15, 0.2) is 17.4 Å². The first kappa shape index (κ1) is 11.9. The number of nitro benzene ring substituents is 1. The number of hydrogen-bond donors (Lipinski definition) is 2. The lowest BCUT2D eigenvalue weighted by atomic mass is 10.1. The summed E-state index contributed by atoms with van der Waals surface area (Å²) in [7, 11) is 0. The Morgan fingerprint density at radius 2 is 2.20 bits per heavy atom. The quantitative estimate of drug-likeness (QED) is 0.558. The van der Waals surface area contributed by atoms with Gasteiger partial charge in [0.2, 0.25) is 0 Å². The Hall–Kier alpha value is -3.16. The predicted molar refractivity (Wildman–Crippen MR) is 67.8 cm³/mol. The fourth-order valence-electron chi connectivity index (χ4n) is 1.72. The molecule has 0 saturated heterocycles. The lowest BCUT2D eigenvalue weighted by Gasteiger charge is -1.99.